The maximum Gasteiger partial charge on any atom is 0.142 e. The number of rotatable bonds is 2. The molecule has 4 heteroatoms. The first-order valence-electron chi connectivity index (χ1n) is 5.85. The van der Waals surface area contributed by atoms with Gasteiger partial charge in [-0.1, -0.05) is 24.3 Å². The van der Waals surface area contributed by atoms with Crippen molar-refractivity contribution in [1.82, 2.24) is 4.98 Å². The Morgan fingerprint density at radius 1 is 1.22 bits per heavy atom. The van der Waals surface area contributed by atoms with Crippen LogP contribution in [0.4, 0.5) is 10.2 Å². The Labute approximate surface area is 105 Å². The summed E-state index contributed by atoms with van der Waals surface area (Å²) < 4.78 is 13.1. The first-order chi connectivity index (χ1) is 8.78. The minimum atomic E-state index is -0.417. The average Bonchev–Trinajstić information content (AvgIpc) is 2.82. The van der Waals surface area contributed by atoms with Gasteiger partial charge in [-0.05, 0) is 17.2 Å². The third-order valence-corrected chi connectivity index (χ3v) is 3.22. The number of fused-ring (bicyclic) bond motifs is 1. The van der Waals surface area contributed by atoms with Crippen molar-refractivity contribution < 1.29 is 9.50 Å². The van der Waals surface area contributed by atoms with Crippen LogP contribution in [-0.4, -0.2) is 10.1 Å². The van der Waals surface area contributed by atoms with Crippen LogP contribution in [0.3, 0.4) is 0 Å². The number of aliphatic hydroxyl groups is 1. The molecule has 1 aliphatic rings. The van der Waals surface area contributed by atoms with Gasteiger partial charge >= 0.3 is 0 Å². The third-order valence-electron chi connectivity index (χ3n) is 3.22. The van der Waals surface area contributed by atoms with Crippen LogP contribution in [-0.2, 0) is 19.7 Å². The zero-order valence-electron chi connectivity index (χ0n) is 9.81. The largest absolute Gasteiger partial charge is 0.392 e. The number of pyridine rings is 1. The molecule has 0 saturated carbocycles. The van der Waals surface area contributed by atoms with Crippen molar-refractivity contribution in [3.05, 3.63) is 59.0 Å². The van der Waals surface area contributed by atoms with Gasteiger partial charge in [0.05, 0.1) is 12.8 Å². The van der Waals surface area contributed by atoms with E-state index >= 15 is 0 Å². The Kier molecular flexibility index (Phi) is 2.72. The monoisotopic (exact) mass is 244 g/mol. The highest BCUT2D eigenvalue weighted by Crippen LogP contribution is 2.29. The standard InChI is InChI=1S/C14H13FN2O/c15-13-5-12(9-18)14(16-6-13)17-7-10-3-1-2-4-11(10)8-17/h1-6,18H,7-9H2. The molecule has 0 amide bonds. The molecule has 0 bridgehead atoms. The number of halogens is 1. The van der Waals surface area contributed by atoms with Gasteiger partial charge in [-0.15, -0.1) is 0 Å². The number of anilines is 1. The number of aliphatic hydroxyl groups excluding tert-OH is 1. The van der Waals surface area contributed by atoms with Crippen molar-refractivity contribution in [1.29, 1.82) is 0 Å². The lowest BCUT2D eigenvalue weighted by molar-refractivity contribution is 0.281. The van der Waals surface area contributed by atoms with E-state index in [-0.39, 0.29) is 6.61 Å². The summed E-state index contributed by atoms with van der Waals surface area (Å²) in [5.74, 6) is 0.245. The summed E-state index contributed by atoms with van der Waals surface area (Å²) in [6, 6.07) is 9.51. The third kappa shape index (κ3) is 1.84. The van der Waals surface area contributed by atoms with Crippen molar-refractivity contribution in [3.63, 3.8) is 0 Å². The van der Waals surface area contributed by atoms with Crippen LogP contribution in [0.5, 0.6) is 0 Å². The van der Waals surface area contributed by atoms with Gasteiger partial charge in [0.2, 0.25) is 0 Å². The fraction of sp³-hybridized carbons (Fsp3) is 0.214. The second kappa shape index (κ2) is 4.38. The van der Waals surface area contributed by atoms with Crippen LogP contribution >= 0.6 is 0 Å². The lowest BCUT2D eigenvalue weighted by Crippen LogP contribution is -2.18. The normalized spacial score (nSPS) is 13.8. The molecule has 0 atom stereocenters. The van der Waals surface area contributed by atoms with Crippen LogP contribution in [0.2, 0.25) is 0 Å². The van der Waals surface area contributed by atoms with Crippen LogP contribution < -0.4 is 4.90 Å². The summed E-state index contributed by atoms with van der Waals surface area (Å²) >= 11 is 0. The zero-order chi connectivity index (χ0) is 12.5. The van der Waals surface area contributed by atoms with E-state index in [0.29, 0.717) is 11.4 Å². The molecule has 0 aliphatic carbocycles. The molecule has 0 radical (unpaired) electrons. The van der Waals surface area contributed by atoms with Crippen molar-refractivity contribution in [3.8, 4) is 0 Å². The van der Waals surface area contributed by atoms with E-state index < -0.39 is 5.82 Å². The molecule has 1 N–H and O–H groups in total. The van der Waals surface area contributed by atoms with E-state index in [1.165, 1.54) is 23.4 Å². The van der Waals surface area contributed by atoms with E-state index in [1.54, 1.807) is 0 Å². The number of hydrogen-bond acceptors (Lipinski definition) is 3. The van der Waals surface area contributed by atoms with Gasteiger partial charge in [0.25, 0.3) is 0 Å². The molecule has 0 spiro atoms. The summed E-state index contributed by atoms with van der Waals surface area (Å²) in [6.07, 6.45) is 1.19. The molecule has 1 aliphatic heterocycles. The summed E-state index contributed by atoms with van der Waals surface area (Å²) in [5.41, 5.74) is 3.04. The van der Waals surface area contributed by atoms with Crippen molar-refractivity contribution >= 4 is 5.82 Å². The molecule has 1 aromatic carbocycles. The van der Waals surface area contributed by atoms with Gasteiger partial charge in [0.1, 0.15) is 11.6 Å². The maximum absolute atomic E-state index is 13.1. The van der Waals surface area contributed by atoms with Crippen LogP contribution in [0.25, 0.3) is 0 Å². The lowest BCUT2D eigenvalue weighted by atomic mass is 10.1. The highest BCUT2D eigenvalue weighted by Gasteiger charge is 2.21. The minimum Gasteiger partial charge on any atom is -0.392 e. The second-order valence-electron chi connectivity index (χ2n) is 4.42. The summed E-state index contributed by atoms with van der Waals surface area (Å²) in [7, 11) is 0. The summed E-state index contributed by atoms with van der Waals surface area (Å²) in [4.78, 5) is 6.16. The average molecular weight is 244 g/mol. The van der Waals surface area contributed by atoms with E-state index in [0.717, 1.165) is 13.1 Å². The van der Waals surface area contributed by atoms with Gasteiger partial charge in [-0.2, -0.15) is 0 Å². The molecule has 3 nitrogen and oxygen atoms in total. The minimum absolute atomic E-state index is 0.201. The Morgan fingerprint density at radius 2 is 1.89 bits per heavy atom. The number of aromatic nitrogens is 1. The van der Waals surface area contributed by atoms with Crippen molar-refractivity contribution in [2.45, 2.75) is 19.7 Å². The molecule has 1 aromatic heterocycles. The molecule has 92 valence electrons. The predicted molar refractivity (Wildman–Crippen MR) is 66.4 cm³/mol. The summed E-state index contributed by atoms with van der Waals surface area (Å²) in [5, 5.41) is 9.29. The molecular formula is C14H13FN2O. The fourth-order valence-corrected chi connectivity index (χ4v) is 2.36. The van der Waals surface area contributed by atoms with E-state index in [9.17, 15) is 9.50 Å². The molecule has 18 heavy (non-hydrogen) atoms. The second-order valence-corrected chi connectivity index (χ2v) is 4.42. The first-order valence-corrected chi connectivity index (χ1v) is 5.85. The smallest absolute Gasteiger partial charge is 0.142 e. The fourth-order valence-electron chi connectivity index (χ4n) is 2.36. The van der Waals surface area contributed by atoms with Gasteiger partial charge in [-0.25, -0.2) is 9.37 Å². The first kappa shape index (κ1) is 11.2. The molecule has 2 aromatic rings. The van der Waals surface area contributed by atoms with E-state index in [4.69, 9.17) is 0 Å². The topological polar surface area (TPSA) is 36.4 Å². The molecule has 2 heterocycles. The van der Waals surface area contributed by atoms with Crippen LogP contribution in [0.1, 0.15) is 16.7 Å². The van der Waals surface area contributed by atoms with Crippen LogP contribution in [0, 0.1) is 5.82 Å². The molecule has 0 unspecified atom stereocenters. The van der Waals surface area contributed by atoms with E-state index in [2.05, 4.69) is 22.0 Å². The van der Waals surface area contributed by atoms with Crippen molar-refractivity contribution in [2.75, 3.05) is 4.90 Å². The molecule has 0 fully saturated rings. The highest BCUT2D eigenvalue weighted by molar-refractivity contribution is 5.51. The van der Waals surface area contributed by atoms with Gasteiger partial charge < -0.3 is 10.0 Å². The van der Waals surface area contributed by atoms with Crippen molar-refractivity contribution in [2.24, 2.45) is 0 Å². The highest BCUT2D eigenvalue weighted by atomic mass is 19.1. The molecule has 0 saturated heterocycles. The predicted octanol–water partition coefficient (Wildman–Crippen LogP) is 2.23. The van der Waals surface area contributed by atoms with Crippen LogP contribution in [0.15, 0.2) is 36.5 Å². The summed E-state index contributed by atoms with van der Waals surface area (Å²) in [6.45, 7) is 1.30. The Hall–Kier alpha value is -1.94. The molecule has 3 rings (SSSR count). The van der Waals surface area contributed by atoms with Gasteiger partial charge in [0, 0.05) is 18.7 Å². The number of benzene rings is 1. The van der Waals surface area contributed by atoms with E-state index in [1.807, 2.05) is 12.1 Å². The van der Waals surface area contributed by atoms with Gasteiger partial charge in [-0.3, -0.25) is 0 Å². The number of hydrogen-bond donors (Lipinski definition) is 1. The Bertz CT molecular complexity index is 561. The Morgan fingerprint density at radius 3 is 2.50 bits per heavy atom. The lowest BCUT2D eigenvalue weighted by Gasteiger charge is -2.19. The number of nitrogens with zero attached hydrogens (tertiary/aromatic N) is 2. The zero-order valence-corrected chi connectivity index (χ0v) is 9.81. The maximum atomic E-state index is 13.1. The Balaban J connectivity index is 1.95. The molecular weight excluding hydrogens is 231 g/mol. The SMILES string of the molecule is OCc1cc(F)cnc1N1Cc2ccccc2C1. The quantitative estimate of drug-likeness (QED) is 0.880. The van der Waals surface area contributed by atoms with Gasteiger partial charge in [0.15, 0.2) is 0 Å².